The fourth-order valence-corrected chi connectivity index (χ4v) is 2.64. The number of anilines is 2. The maximum atomic E-state index is 10.8. The predicted molar refractivity (Wildman–Crippen MR) is 81.6 cm³/mol. The third-order valence-electron chi connectivity index (χ3n) is 3.49. The van der Waals surface area contributed by atoms with Crippen molar-refractivity contribution in [2.24, 2.45) is 5.92 Å². The highest BCUT2D eigenvalue weighted by molar-refractivity contribution is 6.50. The molecular weight excluding hydrogens is 299 g/mol. The molecule has 5 nitrogen and oxygen atoms in total. The van der Waals surface area contributed by atoms with Gasteiger partial charge in [0.25, 0.3) is 0 Å². The first-order valence-corrected chi connectivity index (χ1v) is 6.93. The summed E-state index contributed by atoms with van der Waals surface area (Å²) in [5, 5.41) is 15.1. The van der Waals surface area contributed by atoms with Gasteiger partial charge in [-0.3, -0.25) is 4.68 Å². The summed E-state index contributed by atoms with van der Waals surface area (Å²) in [5.41, 5.74) is 10.1. The Hall–Kier alpha value is -1.43. The van der Waals surface area contributed by atoms with Crippen molar-refractivity contribution in [2.45, 2.75) is 17.3 Å². The molecule has 1 aromatic carbocycles. The maximum Gasteiger partial charge on any atom is 0.123 e. The van der Waals surface area contributed by atoms with Gasteiger partial charge in [0.1, 0.15) is 4.33 Å². The summed E-state index contributed by atoms with van der Waals surface area (Å²) < 4.78 is 1.21. The van der Waals surface area contributed by atoms with Crippen LogP contribution in [0.25, 0.3) is 11.1 Å². The Kier molecular flexibility index (Phi) is 3.28. The third-order valence-corrected chi connectivity index (χ3v) is 4.42. The van der Waals surface area contributed by atoms with Crippen LogP contribution >= 0.6 is 23.2 Å². The van der Waals surface area contributed by atoms with Crippen LogP contribution in [0.15, 0.2) is 30.6 Å². The number of hydrogen-bond donors (Lipinski definition) is 2. The van der Waals surface area contributed by atoms with Crippen LogP contribution < -0.4 is 11.2 Å². The lowest BCUT2D eigenvalue weighted by Crippen LogP contribution is -2.04. The van der Waals surface area contributed by atoms with Crippen molar-refractivity contribution in [2.75, 3.05) is 11.2 Å². The summed E-state index contributed by atoms with van der Waals surface area (Å²) in [7, 11) is 0. The van der Waals surface area contributed by atoms with E-state index < -0.39 is 4.33 Å². The average Bonchev–Trinajstić information content (AvgIpc) is 2.82. The molecule has 0 spiro atoms. The van der Waals surface area contributed by atoms with E-state index in [1.807, 2.05) is 22.4 Å². The molecule has 0 saturated heterocycles. The van der Waals surface area contributed by atoms with E-state index in [1.54, 1.807) is 18.3 Å². The number of aromatic nitrogens is 2. The van der Waals surface area contributed by atoms with Crippen molar-refractivity contribution in [3.8, 4) is 11.1 Å². The molecule has 0 amide bonds. The maximum absolute atomic E-state index is 10.8. The second-order valence-electron chi connectivity index (χ2n) is 5.02. The van der Waals surface area contributed by atoms with E-state index in [9.17, 15) is 5.21 Å². The van der Waals surface area contributed by atoms with Gasteiger partial charge in [-0.2, -0.15) is 5.10 Å². The Morgan fingerprint density at radius 3 is 2.85 bits per heavy atom. The molecule has 20 heavy (non-hydrogen) atoms. The molecule has 1 atom stereocenters. The molecule has 0 unspecified atom stereocenters. The molecule has 0 aliphatic heterocycles. The highest BCUT2D eigenvalue weighted by Gasteiger charge is 2.51. The summed E-state index contributed by atoms with van der Waals surface area (Å²) in [4.78, 5) is 0. The van der Waals surface area contributed by atoms with Gasteiger partial charge in [-0.05, 0) is 24.1 Å². The molecule has 1 heterocycles. The lowest BCUT2D eigenvalue weighted by Gasteiger charge is -2.13. The van der Waals surface area contributed by atoms with Gasteiger partial charge >= 0.3 is 0 Å². The quantitative estimate of drug-likeness (QED) is 0.516. The van der Waals surface area contributed by atoms with Gasteiger partial charge in [0, 0.05) is 29.9 Å². The van der Waals surface area contributed by atoms with Crippen molar-refractivity contribution >= 4 is 34.6 Å². The Morgan fingerprint density at radius 2 is 2.20 bits per heavy atom. The molecule has 3 rings (SSSR count). The zero-order chi connectivity index (χ0) is 14.3. The number of nitrogens with zero attached hydrogens (tertiary/aromatic N) is 2. The third kappa shape index (κ3) is 2.57. The van der Waals surface area contributed by atoms with Crippen LogP contribution in [0.5, 0.6) is 0 Å². The van der Waals surface area contributed by atoms with Gasteiger partial charge in [0.05, 0.1) is 11.9 Å². The molecule has 7 heteroatoms. The number of nitrogen functional groups attached to an aromatic ring is 1. The Bertz CT molecular complexity index is 641. The molecule has 2 aromatic rings. The van der Waals surface area contributed by atoms with Crippen LogP contribution in [0.3, 0.4) is 0 Å². The van der Waals surface area contributed by atoms with Crippen molar-refractivity contribution in [1.82, 2.24) is 9.78 Å². The summed E-state index contributed by atoms with van der Waals surface area (Å²) in [6.45, 7) is 0.689. The van der Waals surface area contributed by atoms with E-state index in [1.165, 1.54) is 0 Å². The number of nitrogens with two attached hydrogens (primary N) is 1. The molecule has 1 fully saturated rings. The van der Waals surface area contributed by atoms with E-state index in [-0.39, 0.29) is 5.92 Å². The summed E-state index contributed by atoms with van der Waals surface area (Å²) in [5.74, 6) is 0.240. The first kappa shape index (κ1) is 13.5. The van der Waals surface area contributed by atoms with Gasteiger partial charge in [-0.1, -0.05) is 6.07 Å². The lowest BCUT2D eigenvalue weighted by molar-refractivity contribution is 0.559. The Morgan fingerprint density at radius 1 is 1.45 bits per heavy atom. The van der Waals surface area contributed by atoms with E-state index >= 15 is 0 Å². The number of nitrogens with one attached hydrogen (secondary N) is 1. The van der Waals surface area contributed by atoms with Crippen molar-refractivity contribution in [3.63, 3.8) is 0 Å². The zero-order valence-corrected chi connectivity index (χ0v) is 12.0. The summed E-state index contributed by atoms with van der Waals surface area (Å²) in [6.07, 6.45) is 4.44. The van der Waals surface area contributed by atoms with Crippen LogP contribution in [0, 0.1) is 11.1 Å². The fourth-order valence-electron chi connectivity index (χ4n) is 2.13. The number of rotatable bonds is 4. The second kappa shape index (κ2) is 4.84. The largest absolute Gasteiger partial charge is 0.761 e. The van der Waals surface area contributed by atoms with Crippen LogP contribution in [0.2, 0.25) is 0 Å². The van der Waals surface area contributed by atoms with Crippen LogP contribution in [-0.2, 0) is 6.54 Å². The Balaban J connectivity index is 1.79. The smallest absolute Gasteiger partial charge is 0.123 e. The number of halogens is 2. The van der Waals surface area contributed by atoms with Gasteiger partial charge in [0.15, 0.2) is 0 Å². The molecule has 1 saturated carbocycles. The lowest BCUT2D eigenvalue weighted by atomic mass is 10.1. The van der Waals surface area contributed by atoms with Crippen LogP contribution in [0.1, 0.15) is 6.42 Å². The van der Waals surface area contributed by atoms with Gasteiger partial charge in [-0.25, -0.2) is 0 Å². The minimum absolute atomic E-state index is 0.240. The van der Waals surface area contributed by atoms with Gasteiger partial charge < -0.3 is 16.4 Å². The van der Waals surface area contributed by atoms with E-state index in [0.29, 0.717) is 17.9 Å². The minimum Gasteiger partial charge on any atom is -0.761 e. The monoisotopic (exact) mass is 311 g/mol. The van der Waals surface area contributed by atoms with Crippen LogP contribution in [0.4, 0.5) is 11.4 Å². The molecule has 106 valence electrons. The summed E-state index contributed by atoms with van der Waals surface area (Å²) >= 11 is 12.0. The van der Waals surface area contributed by atoms with E-state index in [4.69, 9.17) is 28.9 Å². The van der Waals surface area contributed by atoms with Crippen LogP contribution in [-0.4, -0.2) is 14.1 Å². The molecule has 1 aliphatic rings. The van der Waals surface area contributed by atoms with E-state index in [0.717, 1.165) is 17.5 Å². The molecule has 1 aromatic heterocycles. The topological polar surface area (TPSA) is 78.9 Å². The number of hydrogen-bond acceptors (Lipinski definition) is 4. The molecular formula is C13H13Cl2N4O-. The van der Waals surface area contributed by atoms with Crippen molar-refractivity contribution in [1.29, 1.82) is 0 Å². The normalized spacial score (nSPS) is 19.9. The standard InChI is InChI=1S/C13H13Cl2N4O/c14-13(15)4-10(13)7-19-6-9(5-17-19)8-1-2-11(16)12(3-8)18-20/h1-3,5-6,10,18H,4,7,16H2/q-1/t10-/m0/s1. The zero-order valence-electron chi connectivity index (χ0n) is 10.5. The summed E-state index contributed by atoms with van der Waals surface area (Å²) in [6, 6.07) is 5.24. The van der Waals surface area contributed by atoms with E-state index in [2.05, 4.69) is 5.10 Å². The molecule has 0 bridgehead atoms. The number of alkyl halides is 2. The number of benzene rings is 1. The average molecular weight is 312 g/mol. The molecule has 3 N–H and O–H groups in total. The fraction of sp³-hybridized carbons (Fsp3) is 0.308. The first-order chi connectivity index (χ1) is 9.49. The highest BCUT2D eigenvalue weighted by Crippen LogP contribution is 2.53. The second-order valence-corrected chi connectivity index (χ2v) is 6.56. The Labute approximate surface area is 126 Å². The molecule has 0 radical (unpaired) electrons. The van der Waals surface area contributed by atoms with Crippen molar-refractivity contribution < 1.29 is 0 Å². The van der Waals surface area contributed by atoms with Crippen molar-refractivity contribution in [3.05, 3.63) is 35.8 Å². The van der Waals surface area contributed by atoms with Gasteiger partial charge in [0.2, 0.25) is 0 Å². The first-order valence-electron chi connectivity index (χ1n) is 6.18. The highest BCUT2D eigenvalue weighted by atomic mass is 35.5. The predicted octanol–water partition coefficient (Wildman–Crippen LogP) is 3.24. The SMILES string of the molecule is Nc1ccc(-c2cnn(C[C@@H]3CC3(Cl)Cl)c2)cc1N[O-]. The van der Waals surface area contributed by atoms with Gasteiger partial charge in [-0.15, -0.1) is 23.2 Å². The molecule has 1 aliphatic carbocycles. The minimum atomic E-state index is -0.604.